The van der Waals surface area contributed by atoms with Crippen molar-refractivity contribution < 1.29 is 18.0 Å². The average Bonchev–Trinajstić information content (AvgIpc) is 3.34. The summed E-state index contributed by atoms with van der Waals surface area (Å²) in [7, 11) is -3.57. The summed E-state index contributed by atoms with van der Waals surface area (Å²) in [6, 6.07) is 11.4. The van der Waals surface area contributed by atoms with Crippen molar-refractivity contribution in [2.24, 2.45) is 5.92 Å². The molecule has 0 radical (unpaired) electrons. The van der Waals surface area contributed by atoms with E-state index in [1.807, 2.05) is 17.9 Å². The molecule has 2 saturated heterocycles. The smallest absolute Gasteiger partial charge is 0.256 e. The van der Waals surface area contributed by atoms with Gasteiger partial charge in [-0.25, -0.2) is 8.42 Å². The lowest BCUT2D eigenvalue weighted by Gasteiger charge is -2.29. The van der Waals surface area contributed by atoms with Gasteiger partial charge >= 0.3 is 0 Å². The predicted octanol–water partition coefficient (Wildman–Crippen LogP) is 3.90. The number of sulfonamides is 1. The van der Waals surface area contributed by atoms with Crippen molar-refractivity contribution in [2.75, 3.05) is 31.5 Å². The number of aryl methyl sites for hydroxylation is 1. The average molecular weight is 470 g/mol. The maximum Gasteiger partial charge on any atom is 0.256 e. The number of carbonyl (C=O) groups excluding carboxylic acids is 2. The quantitative estimate of drug-likeness (QED) is 0.719. The van der Waals surface area contributed by atoms with E-state index in [0.29, 0.717) is 35.8 Å². The first-order valence-corrected chi connectivity index (χ1v) is 13.0. The number of nitrogens with one attached hydrogen (secondary N) is 1. The van der Waals surface area contributed by atoms with E-state index in [2.05, 4.69) is 12.2 Å². The van der Waals surface area contributed by atoms with Crippen LogP contribution in [0.5, 0.6) is 0 Å². The van der Waals surface area contributed by atoms with Crippen LogP contribution in [-0.4, -0.2) is 55.6 Å². The van der Waals surface area contributed by atoms with E-state index >= 15 is 0 Å². The fraction of sp³-hybridized carbons (Fsp3) is 0.440. The topological polar surface area (TPSA) is 86.8 Å². The molecule has 2 aromatic carbocycles. The molecule has 2 aliphatic rings. The molecular formula is C25H31N3O4S. The standard InChI is InChI=1S/C25H31N3O4S/c1-18-12-16-28(17-13-18)33(31,32)21-10-8-20(9-11-21)24(29)26-22-7-5-6-19(2)23(22)25(30)27-14-3-4-15-27/h5-11,18H,3-4,12-17H2,1-2H3,(H,26,29). The molecular weight excluding hydrogens is 438 g/mol. The third kappa shape index (κ3) is 4.96. The Balaban J connectivity index is 1.51. The van der Waals surface area contributed by atoms with Crippen LogP contribution in [0.1, 0.15) is 58.9 Å². The first-order valence-electron chi connectivity index (χ1n) is 11.6. The molecule has 2 aromatic rings. The van der Waals surface area contributed by atoms with Crippen molar-refractivity contribution in [3.8, 4) is 0 Å². The molecule has 0 unspecified atom stereocenters. The van der Waals surface area contributed by atoms with Gasteiger partial charge in [-0.1, -0.05) is 19.1 Å². The van der Waals surface area contributed by atoms with Crippen LogP contribution in [0.3, 0.4) is 0 Å². The number of amides is 2. The zero-order chi connectivity index (χ0) is 23.6. The monoisotopic (exact) mass is 469 g/mol. The third-order valence-electron chi connectivity index (χ3n) is 6.63. The minimum Gasteiger partial charge on any atom is -0.339 e. The van der Waals surface area contributed by atoms with Crippen molar-refractivity contribution in [3.63, 3.8) is 0 Å². The number of carbonyl (C=O) groups is 2. The Morgan fingerprint density at radius 1 is 0.939 bits per heavy atom. The van der Waals surface area contributed by atoms with Gasteiger partial charge in [-0.2, -0.15) is 4.31 Å². The first kappa shape index (κ1) is 23.4. The van der Waals surface area contributed by atoms with Gasteiger partial charge in [0, 0.05) is 31.7 Å². The molecule has 7 nitrogen and oxygen atoms in total. The molecule has 4 rings (SSSR count). The fourth-order valence-corrected chi connectivity index (χ4v) is 5.95. The van der Waals surface area contributed by atoms with Gasteiger partial charge < -0.3 is 10.2 Å². The summed E-state index contributed by atoms with van der Waals surface area (Å²) in [5.41, 5.74) is 2.12. The number of hydrogen-bond acceptors (Lipinski definition) is 4. The lowest BCUT2D eigenvalue weighted by Crippen LogP contribution is -2.37. The number of piperidine rings is 1. The van der Waals surface area contributed by atoms with E-state index in [1.54, 1.807) is 12.1 Å². The molecule has 2 fully saturated rings. The Hall–Kier alpha value is -2.71. The van der Waals surface area contributed by atoms with Gasteiger partial charge in [-0.3, -0.25) is 9.59 Å². The Kier molecular flexibility index (Phi) is 6.86. The van der Waals surface area contributed by atoms with Crippen molar-refractivity contribution in [1.29, 1.82) is 0 Å². The number of hydrogen-bond donors (Lipinski definition) is 1. The summed E-state index contributed by atoms with van der Waals surface area (Å²) in [6.45, 7) is 6.49. The van der Waals surface area contributed by atoms with E-state index in [9.17, 15) is 18.0 Å². The third-order valence-corrected chi connectivity index (χ3v) is 8.54. The lowest BCUT2D eigenvalue weighted by atomic mass is 10.0. The molecule has 33 heavy (non-hydrogen) atoms. The Bertz CT molecular complexity index is 1130. The van der Waals surface area contributed by atoms with E-state index in [1.165, 1.54) is 28.6 Å². The highest BCUT2D eigenvalue weighted by molar-refractivity contribution is 7.89. The van der Waals surface area contributed by atoms with Gasteiger partial charge in [0.15, 0.2) is 0 Å². The van der Waals surface area contributed by atoms with Crippen LogP contribution in [0.4, 0.5) is 5.69 Å². The molecule has 0 saturated carbocycles. The predicted molar refractivity (Wildman–Crippen MR) is 128 cm³/mol. The second-order valence-corrected chi connectivity index (χ2v) is 11.0. The molecule has 0 atom stereocenters. The second-order valence-electron chi connectivity index (χ2n) is 9.06. The van der Waals surface area contributed by atoms with Gasteiger partial charge in [-0.15, -0.1) is 0 Å². The highest BCUT2D eigenvalue weighted by Gasteiger charge is 2.28. The van der Waals surface area contributed by atoms with E-state index in [-0.39, 0.29) is 16.7 Å². The van der Waals surface area contributed by atoms with Crippen molar-refractivity contribution in [3.05, 3.63) is 59.2 Å². The lowest BCUT2D eigenvalue weighted by molar-refractivity contribution is 0.0793. The maximum atomic E-state index is 13.0. The normalized spacial score (nSPS) is 17.8. The Labute approximate surface area is 195 Å². The zero-order valence-corrected chi connectivity index (χ0v) is 20.0. The molecule has 0 spiro atoms. The minimum atomic E-state index is -3.57. The summed E-state index contributed by atoms with van der Waals surface area (Å²) in [5.74, 6) is 0.0800. The van der Waals surface area contributed by atoms with Crippen LogP contribution in [0.2, 0.25) is 0 Å². The molecule has 2 amide bonds. The molecule has 2 aliphatic heterocycles. The van der Waals surface area contributed by atoms with Gasteiger partial charge in [0.2, 0.25) is 10.0 Å². The summed E-state index contributed by atoms with van der Waals surface area (Å²) < 4.78 is 27.4. The van der Waals surface area contributed by atoms with E-state index in [4.69, 9.17) is 0 Å². The van der Waals surface area contributed by atoms with E-state index in [0.717, 1.165) is 44.3 Å². The number of nitrogens with zero attached hydrogens (tertiary/aromatic N) is 2. The molecule has 0 aliphatic carbocycles. The molecule has 2 heterocycles. The number of likely N-dealkylation sites (tertiary alicyclic amines) is 1. The number of rotatable bonds is 5. The maximum absolute atomic E-state index is 13.0. The fourth-order valence-electron chi connectivity index (χ4n) is 4.48. The zero-order valence-electron chi connectivity index (χ0n) is 19.2. The van der Waals surface area contributed by atoms with Crippen LogP contribution < -0.4 is 5.32 Å². The summed E-state index contributed by atoms with van der Waals surface area (Å²) in [4.78, 5) is 28.0. The molecule has 1 N–H and O–H groups in total. The molecule has 0 aromatic heterocycles. The summed E-state index contributed by atoms with van der Waals surface area (Å²) in [6.07, 6.45) is 3.69. The minimum absolute atomic E-state index is 0.0711. The van der Waals surface area contributed by atoms with Gasteiger partial charge in [-0.05, 0) is 74.4 Å². The van der Waals surface area contributed by atoms with Crippen LogP contribution in [0, 0.1) is 12.8 Å². The molecule has 0 bridgehead atoms. The van der Waals surface area contributed by atoms with Gasteiger partial charge in [0.25, 0.3) is 11.8 Å². The molecule has 176 valence electrons. The van der Waals surface area contributed by atoms with Crippen molar-refractivity contribution in [1.82, 2.24) is 9.21 Å². The summed E-state index contributed by atoms with van der Waals surface area (Å²) in [5, 5.41) is 2.85. The molecule has 8 heteroatoms. The number of benzene rings is 2. The Morgan fingerprint density at radius 2 is 1.58 bits per heavy atom. The number of anilines is 1. The van der Waals surface area contributed by atoms with Gasteiger partial charge in [0.1, 0.15) is 0 Å². The van der Waals surface area contributed by atoms with Crippen LogP contribution >= 0.6 is 0 Å². The Morgan fingerprint density at radius 3 is 2.21 bits per heavy atom. The van der Waals surface area contributed by atoms with E-state index < -0.39 is 10.0 Å². The summed E-state index contributed by atoms with van der Waals surface area (Å²) >= 11 is 0. The van der Waals surface area contributed by atoms with Crippen LogP contribution in [-0.2, 0) is 10.0 Å². The van der Waals surface area contributed by atoms with Crippen molar-refractivity contribution in [2.45, 2.75) is 44.4 Å². The van der Waals surface area contributed by atoms with Crippen LogP contribution in [0.15, 0.2) is 47.4 Å². The van der Waals surface area contributed by atoms with Crippen molar-refractivity contribution >= 4 is 27.5 Å². The highest BCUT2D eigenvalue weighted by atomic mass is 32.2. The first-order chi connectivity index (χ1) is 15.8. The SMILES string of the molecule is Cc1cccc(NC(=O)c2ccc(S(=O)(=O)N3CCC(C)CC3)cc2)c1C(=O)N1CCCC1. The van der Waals surface area contributed by atoms with Crippen LogP contribution in [0.25, 0.3) is 0 Å². The largest absolute Gasteiger partial charge is 0.339 e. The van der Waals surface area contributed by atoms with Gasteiger partial charge in [0.05, 0.1) is 16.1 Å². The second kappa shape index (κ2) is 9.65. The highest BCUT2D eigenvalue weighted by Crippen LogP contribution is 2.26.